The molecule has 0 aliphatic heterocycles. The van der Waals surface area contributed by atoms with Gasteiger partial charge in [0, 0.05) is 11.7 Å². The zero-order valence-electron chi connectivity index (χ0n) is 13.1. The number of hydrogen-bond acceptors (Lipinski definition) is 3. The second-order valence-electron chi connectivity index (χ2n) is 6.03. The number of rotatable bonds is 3. The van der Waals surface area contributed by atoms with E-state index >= 15 is 0 Å². The molecule has 2 amide bonds. The van der Waals surface area contributed by atoms with Crippen LogP contribution in [0, 0.1) is 0 Å². The van der Waals surface area contributed by atoms with Crippen LogP contribution < -0.4 is 16.5 Å². The molecule has 4 N–H and O–H groups in total. The molecule has 0 aromatic heterocycles. The Hall–Kier alpha value is -2.56. The summed E-state index contributed by atoms with van der Waals surface area (Å²) in [6.07, 6.45) is 7.46. The minimum Gasteiger partial charge on any atom is -0.335 e. The first-order chi connectivity index (χ1) is 11.2. The molecule has 1 fully saturated rings. The first-order valence-corrected chi connectivity index (χ1v) is 8.09. The molecule has 0 radical (unpaired) electrons. The summed E-state index contributed by atoms with van der Waals surface area (Å²) in [4.78, 5) is 12.1. The van der Waals surface area contributed by atoms with E-state index in [4.69, 9.17) is 5.84 Å². The van der Waals surface area contributed by atoms with E-state index in [1.807, 2.05) is 36.4 Å². The molecule has 3 rings (SSSR count). The fourth-order valence-corrected chi connectivity index (χ4v) is 3.11. The summed E-state index contributed by atoms with van der Waals surface area (Å²) in [7, 11) is 0. The predicted octanol–water partition coefficient (Wildman–Crippen LogP) is 3.59. The number of fused-ring (bicyclic) bond motifs is 1. The van der Waals surface area contributed by atoms with Gasteiger partial charge in [0.1, 0.15) is 0 Å². The summed E-state index contributed by atoms with van der Waals surface area (Å²) in [6, 6.07) is 12.0. The molecule has 0 heterocycles. The van der Waals surface area contributed by atoms with Crippen molar-refractivity contribution in [2.24, 2.45) is 10.9 Å². The first kappa shape index (κ1) is 15.3. The van der Waals surface area contributed by atoms with Gasteiger partial charge in [0.05, 0.1) is 6.21 Å². The number of nitrogens with one attached hydrogen (secondary N) is 2. The van der Waals surface area contributed by atoms with E-state index in [1.54, 1.807) is 6.21 Å². The Morgan fingerprint density at radius 3 is 2.61 bits per heavy atom. The lowest BCUT2D eigenvalue weighted by Crippen LogP contribution is -2.38. The first-order valence-electron chi connectivity index (χ1n) is 8.09. The Morgan fingerprint density at radius 1 is 1.09 bits per heavy atom. The second kappa shape index (κ2) is 7.13. The zero-order valence-corrected chi connectivity index (χ0v) is 13.1. The van der Waals surface area contributed by atoms with Crippen molar-refractivity contribution in [1.82, 2.24) is 5.32 Å². The lowest BCUT2D eigenvalue weighted by atomic mass is 9.96. The molecule has 5 heteroatoms. The van der Waals surface area contributed by atoms with Crippen molar-refractivity contribution in [3.63, 3.8) is 0 Å². The number of amides is 2. The van der Waals surface area contributed by atoms with Crippen LogP contribution in [0.1, 0.15) is 37.7 Å². The molecule has 23 heavy (non-hydrogen) atoms. The molecule has 2 aromatic carbocycles. The Labute approximate surface area is 135 Å². The lowest BCUT2D eigenvalue weighted by Gasteiger charge is -2.22. The number of carbonyl (C=O) groups is 1. The van der Waals surface area contributed by atoms with Crippen molar-refractivity contribution in [1.29, 1.82) is 0 Å². The highest BCUT2D eigenvalue weighted by molar-refractivity contribution is 5.95. The highest BCUT2D eigenvalue weighted by Gasteiger charge is 2.15. The van der Waals surface area contributed by atoms with Crippen LogP contribution in [0.3, 0.4) is 0 Å². The Morgan fingerprint density at radius 2 is 1.83 bits per heavy atom. The smallest absolute Gasteiger partial charge is 0.319 e. The van der Waals surface area contributed by atoms with Gasteiger partial charge in [-0.25, -0.2) is 4.79 Å². The SMILES string of the molecule is NN=Cc1ccc2cc(NC(=O)NC3CCCCC3)ccc2c1. The van der Waals surface area contributed by atoms with Crippen molar-refractivity contribution in [2.45, 2.75) is 38.1 Å². The lowest BCUT2D eigenvalue weighted by molar-refractivity contribution is 0.244. The molecule has 0 spiro atoms. The maximum atomic E-state index is 12.1. The van der Waals surface area contributed by atoms with Gasteiger partial charge in [-0.05, 0) is 47.4 Å². The van der Waals surface area contributed by atoms with Crippen LogP contribution in [0.2, 0.25) is 0 Å². The van der Waals surface area contributed by atoms with Gasteiger partial charge in [-0.3, -0.25) is 0 Å². The van der Waals surface area contributed by atoms with Crippen molar-refractivity contribution in [3.05, 3.63) is 42.0 Å². The largest absolute Gasteiger partial charge is 0.335 e. The van der Waals surface area contributed by atoms with Gasteiger partial charge in [0.15, 0.2) is 0 Å². The molecule has 1 aliphatic rings. The number of hydrazone groups is 1. The molecule has 1 aliphatic carbocycles. The summed E-state index contributed by atoms with van der Waals surface area (Å²) in [5.74, 6) is 5.18. The summed E-state index contributed by atoms with van der Waals surface area (Å²) in [6.45, 7) is 0. The summed E-state index contributed by atoms with van der Waals surface area (Å²) in [5, 5.41) is 11.7. The number of nitrogens with zero attached hydrogens (tertiary/aromatic N) is 1. The van der Waals surface area contributed by atoms with E-state index in [1.165, 1.54) is 19.3 Å². The minimum atomic E-state index is -0.122. The number of anilines is 1. The summed E-state index contributed by atoms with van der Waals surface area (Å²) < 4.78 is 0. The molecular weight excluding hydrogens is 288 g/mol. The number of nitrogens with two attached hydrogens (primary N) is 1. The molecular formula is C18H22N4O. The molecule has 0 atom stereocenters. The number of hydrogen-bond donors (Lipinski definition) is 3. The van der Waals surface area contributed by atoms with Crippen LogP contribution in [-0.4, -0.2) is 18.3 Å². The molecule has 0 unspecified atom stereocenters. The maximum Gasteiger partial charge on any atom is 0.319 e. The van der Waals surface area contributed by atoms with Gasteiger partial charge < -0.3 is 16.5 Å². The summed E-state index contributed by atoms with van der Waals surface area (Å²) >= 11 is 0. The predicted molar refractivity (Wildman–Crippen MR) is 94.8 cm³/mol. The molecule has 120 valence electrons. The Kier molecular flexibility index (Phi) is 4.76. The van der Waals surface area contributed by atoms with Gasteiger partial charge >= 0.3 is 6.03 Å². The van der Waals surface area contributed by atoms with Crippen LogP contribution in [0.15, 0.2) is 41.5 Å². The number of urea groups is 1. The van der Waals surface area contributed by atoms with Crippen molar-refractivity contribution in [2.75, 3.05) is 5.32 Å². The standard InChI is InChI=1S/C18H22N4O/c19-20-12-13-6-7-15-11-17(9-8-14(15)10-13)22-18(23)21-16-4-2-1-3-5-16/h6-12,16H,1-5,19H2,(H2,21,22,23). The van der Waals surface area contributed by atoms with Gasteiger partial charge in [0.25, 0.3) is 0 Å². The quantitative estimate of drug-likeness (QED) is 0.460. The molecule has 5 nitrogen and oxygen atoms in total. The third-order valence-electron chi connectivity index (χ3n) is 4.29. The van der Waals surface area contributed by atoms with E-state index in [2.05, 4.69) is 15.7 Å². The van der Waals surface area contributed by atoms with E-state index < -0.39 is 0 Å². The van der Waals surface area contributed by atoms with E-state index in [-0.39, 0.29) is 6.03 Å². The maximum absolute atomic E-state index is 12.1. The van der Waals surface area contributed by atoms with Gasteiger partial charge in [0.2, 0.25) is 0 Å². The van der Waals surface area contributed by atoms with Crippen LogP contribution in [-0.2, 0) is 0 Å². The monoisotopic (exact) mass is 310 g/mol. The third kappa shape index (κ3) is 4.00. The topological polar surface area (TPSA) is 79.5 Å². The molecule has 0 saturated heterocycles. The fourth-order valence-electron chi connectivity index (χ4n) is 3.11. The van der Waals surface area contributed by atoms with Crippen LogP contribution in [0.25, 0.3) is 10.8 Å². The third-order valence-corrected chi connectivity index (χ3v) is 4.29. The van der Waals surface area contributed by atoms with E-state index in [0.717, 1.165) is 34.9 Å². The average Bonchev–Trinajstić information content (AvgIpc) is 2.56. The van der Waals surface area contributed by atoms with Crippen LogP contribution >= 0.6 is 0 Å². The van der Waals surface area contributed by atoms with Crippen LogP contribution in [0.5, 0.6) is 0 Å². The van der Waals surface area contributed by atoms with Gasteiger partial charge in [-0.15, -0.1) is 0 Å². The van der Waals surface area contributed by atoms with Crippen molar-refractivity contribution < 1.29 is 4.79 Å². The number of carbonyl (C=O) groups excluding carboxylic acids is 1. The fraction of sp³-hybridized carbons (Fsp3) is 0.333. The highest BCUT2D eigenvalue weighted by Crippen LogP contribution is 2.21. The van der Waals surface area contributed by atoms with Crippen molar-refractivity contribution >= 4 is 28.7 Å². The zero-order chi connectivity index (χ0) is 16.1. The minimum absolute atomic E-state index is 0.122. The average molecular weight is 310 g/mol. The molecule has 2 aromatic rings. The van der Waals surface area contributed by atoms with E-state index in [9.17, 15) is 4.79 Å². The second-order valence-corrected chi connectivity index (χ2v) is 6.03. The van der Waals surface area contributed by atoms with Gasteiger partial charge in [-0.2, -0.15) is 5.10 Å². The van der Waals surface area contributed by atoms with Crippen molar-refractivity contribution in [3.8, 4) is 0 Å². The molecule has 0 bridgehead atoms. The Balaban J connectivity index is 1.67. The molecule has 1 saturated carbocycles. The normalized spacial score (nSPS) is 15.8. The number of benzene rings is 2. The van der Waals surface area contributed by atoms with Gasteiger partial charge in [-0.1, -0.05) is 37.5 Å². The summed E-state index contributed by atoms with van der Waals surface area (Å²) in [5.41, 5.74) is 1.75. The Bertz CT molecular complexity index is 720. The highest BCUT2D eigenvalue weighted by atomic mass is 16.2. The van der Waals surface area contributed by atoms with E-state index in [0.29, 0.717) is 6.04 Å². The van der Waals surface area contributed by atoms with Crippen LogP contribution in [0.4, 0.5) is 10.5 Å².